The Bertz CT molecular complexity index is 1120. The monoisotopic (exact) mass is 433 g/mol. The van der Waals surface area contributed by atoms with E-state index < -0.39 is 16.8 Å². The van der Waals surface area contributed by atoms with Gasteiger partial charge in [-0.05, 0) is 23.6 Å². The van der Waals surface area contributed by atoms with Crippen molar-refractivity contribution in [1.82, 2.24) is 0 Å². The van der Waals surface area contributed by atoms with E-state index in [4.69, 9.17) is 0 Å². The van der Waals surface area contributed by atoms with E-state index in [0.29, 0.717) is 15.4 Å². The van der Waals surface area contributed by atoms with E-state index in [0.717, 1.165) is 4.88 Å². The summed E-state index contributed by atoms with van der Waals surface area (Å²) in [6, 6.07) is 22.5. The minimum absolute atomic E-state index is 0.0344. The number of hydrogen-bond acceptors (Lipinski definition) is 7. The first kappa shape index (κ1) is 21.1. The Hall–Kier alpha value is -3.59. The van der Waals surface area contributed by atoms with Gasteiger partial charge in [0.25, 0.3) is 5.69 Å². The summed E-state index contributed by atoms with van der Waals surface area (Å²) in [5, 5.41) is 43.1. The Kier molecular flexibility index (Phi) is 6.87. The maximum atomic E-state index is 11.1. The van der Waals surface area contributed by atoms with Crippen LogP contribution < -0.4 is 0 Å². The molecule has 6 nitrogen and oxygen atoms in total. The summed E-state index contributed by atoms with van der Waals surface area (Å²) in [6.07, 6.45) is 0. The molecule has 3 aromatic rings. The van der Waals surface area contributed by atoms with Crippen molar-refractivity contribution in [2.75, 3.05) is 0 Å². The first-order chi connectivity index (χ1) is 14.5. The minimum Gasteiger partial charge on any atom is -0.506 e. The molecule has 30 heavy (non-hydrogen) atoms. The zero-order valence-corrected chi connectivity index (χ0v) is 17.1. The fraction of sp³-hybridized carbons (Fsp3) is 0.0909. The van der Waals surface area contributed by atoms with Crippen molar-refractivity contribution < 1.29 is 10.0 Å². The van der Waals surface area contributed by atoms with Gasteiger partial charge in [0.05, 0.1) is 23.0 Å². The molecule has 0 amide bonds. The summed E-state index contributed by atoms with van der Waals surface area (Å²) < 4.78 is 0. The Balaban J connectivity index is 2.15. The third-order valence-electron chi connectivity index (χ3n) is 4.30. The normalized spacial score (nSPS) is 12.5. The zero-order valence-electron chi connectivity index (χ0n) is 15.5. The van der Waals surface area contributed by atoms with Gasteiger partial charge in [-0.3, -0.25) is 10.1 Å². The third-order valence-corrected chi connectivity index (χ3v) is 6.43. The summed E-state index contributed by atoms with van der Waals surface area (Å²) in [4.78, 5) is 12.3. The van der Waals surface area contributed by atoms with Gasteiger partial charge in [0, 0.05) is 32.4 Å². The van der Waals surface area contributed by atoms with Crippen LogP contribution in [0.5, 0.6) is 0 Å². The number of thioether (sulfide) groups is 1. The van der Waals surface area contributed by atoms with E-state index in [-0.39, 0.29) is 11.4 Å². The molecule has 1 aromatic heterocycles. The van der Waals surface area contributed by atoms with Crippen LogP contribution >= 0.6 is 23.1 Å². The van der Waals surface area contributed by atoms with Crippen LogP contribution in [0.2, 0.25) is 0 Å². The molecule has 1 unspecified atom stereocenters. The molecule has 8 heteroatoms. The van der Waals surface area contributed by atoms with Gasteiger partial charge >= 0.3 is 0 Å². The fourth-order valence-corrected chi connectivity index (χ4v) is 4.93. The van der Waals surface area contributed by atoms with Gasteiger partial charge in [-0.1, -0.05) is 48.2 Å². The summed E-state index contributed by atoms with van der Waals surface area (Å²) in [5.74, 6) is -1.72. The molecule has 0 saturated carbocycles. The average molecular weight is 434 g/mol. The molecule has 0 spiro atoms. The van der Waals surface area contributed by atoms with E-state index in [1.54, 1.807) is 36.4 Å². The van der Waals surface area contributed by atoms with Gasteiger partial charge < -0.3 is 5.11 Å². The van der Waals surface area contributed by atoms with E-state index in [1.807, 2.05) is 35.7 Å². The molecule has 2 aromatic carbocycles. The second-order valence-electron chi connectivity index (χ2n) is 6.16. The summed E-state index contributed by atoms with van der Waals surface area (Å²) >= 11 is 2.59. The predicted octanol–water partition coefficient (Wildman–Crippen LogP) is 6.12. The largest absolute Gasteiger partial charge is 0.506 e. The smallest absolute Gasteiger partial charge is 0.269 e. The van der Waals surface area contributed by atoms with Crippen LogP contribution in [0.15, 0.2) is 81.9 Å². The number of thiophene rings is 1. The quantitative estimate of drug-likeness (QED) is 0.208. The number of allylic oxidation sites excluding steroid dienone is 1. The van der Waals surface area contributed by atoms with Crippen molar-refractivity contribution >= 4 is 34.5 Å². The number of aliphatic hydroxyl groups is 1. The van der Waals surface area contributed by atoms with Gasteiger partial charge in [0.1, 0.15) is 11.7 Å². The fourth-order valence-electron chi connectivity index (χ4n) is 2.85. The van der Waals surface area contributed by atoms with E-state index >= 15 is 0 Å². The van der Waals surface area contributed by atoms with Crippen molar-refractivity contribution in [1.29, 1.82) is 10.5 Å². The van der Waals surface area contributed by atoms with E-state index in [9.17, 15) is 25.7 Å². The molecule has 148 valence electrons. The number of nitriles is 2. The lowest BCUT2D eigenvalue weighted by Crippen LogP contribution is -2.12. The van der Waals surface area contributed by atoms with Crippen molar-refractivity contribution in [2.45, 2.75) is 10.8 Å². The molecule has 0 bridgehead atoms. The number of non-ortho nitro benzene ring substituents is 1. The van der Waals surface area contributed by atoms with Crippen LogP contribution in [-0.2, 0) is 0 Å². The molecular formula is C22H15N3O3S2. The number of nitro groups is 1. The number of hydrogen-bond donors (Lipinski definition) is 1. The predicted molar refractivity (Wildman–Crippen MR) is 117 cm³/mol. The Labute approximate surface area is 181 Å². The minimum atomic E-state index is -1.02. The molecule has 1 heterocycles. The maximum Gasteiger partial charge on any atom is 0.269 e. The topological polar surface area (TPSA) is 111 Å². The molecule has 0 saturated heterocycles. The molecule has 0 aliphatic carbocycles. The highest BCUT2D eigenvalue weighted by molar-refractivity contribution is 8.03. The molecule has 3 rings (SSSR count). The SMILES string of the molecule is N#CC(C#N)C(/C(Sc1ccc([N+](=O)[O-])cc1)=C(/O)c1ccccc1)c1cccs1. The second-order valence-corrected chi connectivity index (χ2v) is 8.26. The number of nitro benzene ring substituents is 1. The van der Waals surface area contributed by atoms with Gasteiger partial charge in [0.2, 0.25) is 0 Å². The van der Waals surface area contributed by atoms with E-state index in [2.05, 4.69) is 0 Å². The standard InChI is InChI=1S/C22H15N3O3S2/c23-13-16(14-24)20(19-7-4-12-29-19)22(21(26)15-5-2-1-3-6-15)30-18-10-8-17(9-11-18)25(27)28/h1-12,16,20,26H/b22-21-. The highest BCUT2D eigenvalue weighted by Gasteiger charge is 2.31. The first-order valence-corrected chi connectivity index (χ1v) is 10.5. The third kappa shape index (κ3) is 4.69. The molecule has 0 aliphatic rings. The van der Waals surface area contributed by atoms with Crippen LogP contribution in [0.4, 0.5) is 5.69 Å². The molecule has 0 aliphatic heterocycles. The lowest BCUT2D eigenvalue weighted by molar-refractivity contribution is -0.384. The average Bonchev–Trinajstić information content (AvgIpc) is 3.31. The summed E-state index contributed by atoms with van der Waals surface area (Å²) in [6.45, 7) is 0. The molecule has 1 atom stereocenters. The van der Waals surface area contributed by atoms with Gasteiger partial charge in [-0.2, -0.15) is 10.5 Å². The molecule has 0 fully saturated rings. The van der Waals surface area contributed by atoms with Crippen molar-refractivity contribution in [3.63, 3.8) is 0 Å². The number of nitrogens with zero attached hydrogens (tertiary/aromatic N) is 3. The van der Waals surface area contributed by atoms with Crippen LogP contribution in [-0.4, -0.2) is 10.0 Å². The second kappa shape index (κ2) is 9.75. The Morgan fingerprint density at radius 1 is 1.03 bits per heavy atom. The maximum absolute atomic E-state index is 11.1. The Morgan fingerprint density at radius 2 is 1.70 bits per heavy atom. The van der Waals surface area contributed by atoms with Crippen molar-refractivity contribution in [2.24, 2.45) is 5.92 Å². The van der Waals surface area contributed by atoms with Crippen molar-refractivity contribution in [3.8, 4) is 12.1 Å². The lowest BCUT2D eigenvalue weighted by atomic mass is 9.91. The van der Waals surface area contributed by atoms with Gasteiger partial charge in [-0.25, -0.2) is 0 Å². The summed E-state index contributed by atoms with van der Waals surface area (Å²) in [5.41, 5.74) is 0.511. The first-order valence-electron chi connectivity index (χ1n) is 8.78. The van der Waals surface area contributed by atoms with E-state index in [1.165, 1.54) is 35.2 Å². The molecular weight excluding hydrogens is 418 g/mol. The number of benzene rings is 2. The van der Waals surface area contributed by atoms with Crippen LogP contribution in [0.1, 0.15) is 16.4 Å². The zero-order chi connectivity index (χ0) is 21.5. The lowest BCUT2D eigenvalue weighted by Gasteiger charge is -2.21. The summed E-state index contributed by atoms with van der Waals surface area (Å²) in [7, 11) is 0. The molecule has 1 N–H and O–H groups in total. The molecule has 0 radical (unpaired) electrons. The van der Waals surface area contributed by atoms with Crippen LogP contribution in [0.3, 0.4) is 0 Å². The number of aliphatic hydroxyl groups excluding tert-OH is 1. The van der Waals surface area contributed by atoms with Crippen molar-refractivity contribution in [3.05, 3.63) is 97.6 Å². The highest BCUT2D eigenvalue weighted by Crippen LogP contribution is 2.46. The van der Waals surface area contributed by atoms with Crippen LogP contribution in [0, 0.1) is 38.7 Å². The van der Waals surface area contributed by atoms with Gasteiger partial charge in [0.15, 0.2) is 0 Å². The van der Waals surface area contributed by atoms with Crippen LogP contribution in [0.25, 0.3) is 5.76 Å². The number of rotatable bonds is 7. The highest BCUT2D eigenvalue weighted by atomic mass is 32.2. The Morgan fingerprint density at radius 3 is 2.23 bits per heavy atom. The van der Waals surface area contributed by atoms with Gasteiger partial charge in [-0.15, -0.1) is 11.3 Å².